The van der Waals surface area contributed by atoms with E-state index < -0.39 is 0 Å². The molecule has 0 aliphatic rings. The molecular weight excluding hydrogens is 297 g/mol. The summed E-state index contributed by atoms with van der Waals surface area (Å²) >= 11 is 12.2. The maximum Gasteiger partial charge on any atom is 0.170 e. The SMILES string of the molecule is NC(=NO)c1cccc(CNc2c(Cl)cccc2Cl)c1. The first-order valence-electron chi connectivity index (χ1n) is 5.86. The lowest BCUT2D eigenvalue weighted by Crippen LogP contribution is -2.13. The lowest BCUT2D eigenvalue weighted by Gasteiger charge is -2.11. The quantitative estimate of drug-likeness (QED) is 0.349. The molecule has 20 heavy (non-hydrogen) atoms. The van der Waals surface area contributed by atoms with E-state index in [-0.39, 0.29) is 5.84 Å². The second-order valence-electron chi connectivity index (χ2n) is 4.14. The summed E-state index contributed by atoms with van der Waals surface area (Å²) in [4.78, 5) is 0. The van der Waals surface area contributed by atoms with Gasteiger partial charge in [0.1, 0.15) is 0 Å². The minimum Gasteiger partial charge on any atom is -0.409 e. The van der Waals surface area contributed by atoms with Gasteiger partial charge in [0, 0.05) is 12.1 Å². The number of oxime groups is 1. The van der Waals surface area contributed by atoms with Crippen LogP contribution in [0.2, 0.25) is 10.0 Å². The topological polar surface area (TPSA) is 70.6 Å². The zero-order valence-electron chi connectivity index (χ0n) is 10.5. The van der Waals surface area contributed by atoms with Crippen LogP contribution in [0.5, 0.6) is 0 Å². The molecule has 0 unspecified atom stereocenters. The smallest absolute Gasteiger partial charge is 0.170 e. The van der Waals surface area contributed by atoms with Crippen LogP contribution in [0, 0.1) is 0 Å². The summed E-state index contributed by atoms with van der Waals surface area (Å²) in [6.45, 7) is 0.524. The van der Waals surface area contributed by atoms with Gasteiger partial charge in [0.25, 0.3) is 0 Å². The van der Waals surface area contributed by atoms with E-state index >= 15 is 0 Å². The number of hydrogen-bond acceptors (Lipinski definition) is 3. The van der Waals surface area contributed by atoms with Gasteiger partial charge in [-0.2, -0.15) is 0 Å². The molecule has 2 aromatic carbocycles. The molecule has 2 rings (SSSR count). The standard InChI is InChI=1S/C14H13Cl2N3O/c15-11-5-2-6-12(16)13(11)18-8-9-3-1-4-10(7-9)14(17)19-20/h1-7,18,20H,8H2,(H2,17,19). The van der Waals surface area contributed by atoms with Crippen molar-refractivity contribution in [3.63, 3.8) is 0 Å². The normalized spacial score (nSPS) is 11.4. The average molecular weight is 310 g/mol. The van der Waals surface area contributed by atoms with Crippen molar-refractivity contribution in [1.82, 2.24) is 0 Å². The highest BCUT2D eigenvalue weighted by molar-refractivity contribution is 6.39. The Morgan fingerprint density at radius 3 is 2.45 bits per heavy atom. The zero-order valence-corrected chi connectivity index (χ0v) is 12.0. The third-order valence-corrected chi connectivity index (χ3v) is 3.39. The first-order valence-corrected chi connectivity index (χ1v) is 6.62. The molecule has 0 fully saturated rings. The maximum atomic E-state index is 8.67. The fourth-order valence-electron chi connectivity index (χ4n) is 1.76. The van der Waals surface area contributed by atoms with Crippen molar-refractivity contribution < 1.29 is 5.21 Å². The number of anilines is 1. The van der Waals surface area contributed by atoms with Gasteiger partial charge in [-0.05, 0) is 23.8 Å². The number of nitrogens with two attached hydrogens (primary N) is 1. The Bertz CT molecular complexity index is 624. The molecule has 0 radical (unpaired) electrons. The summed E-state index contributed by atoms with van der Waals surface area (Å²) < 4.78 is 0. The average Bonchev–Trinajstić information content (AvgIpc) is 2.46. The van der Waals surface area contributed by atoms with Crippen LogP contribution >= 0.6 is 23.2 Å². The molecule has 104 valence electrons. The number of para-hydroxylation sites is 1. The minimum absolute atomic E-state index is 0.0719. The second-order valence-corrected chi connectivity index (χ2v) is 4.95. The Morgan fingerprint density at radius 1 is 1.15 bits per heavy atom. The molecule has 2 aromatic rings. The number of nitrogens with zero attached hydrogens (tertiary/aromatic N) is 1. The third-order valence-electron chi connectivity index (χ3n) is 2.76. The molecule has 0 spiro atoms. The lowest BCUT2D eigenvalue weighted by atomic mass is 10.1. The van der Waals surface area contributed by atoms with E-state index in [4.69, 9.17) is 34.1 Å². The van der Waals surface area contributed by atoms with Crippen LogP contribution in [-0.2, 0) is 6.54 Å². The molecule has 0 heterocycles. The number of hydrogen-bond donors (Lipinski definition) is 3. The monoisotopic (exact) mass is 309 g/mol. The molecular formula is C14H13Cl2N3O. The van der Waals surface area contributed by atoms with Crippen molar-refractivity contribution in [2.45, 2.75) is 6.54 Å². The van der Waals surface area contributed by atoms with Gasteiger partial charge in [0.2, 0.25) is 0 Å². The van der Waals surface area contributed by atoms with Crippen LogP contribution < -0.4 is 11.1 Å². The van der Waals surface area contributed by atoms with Crippen molar-refractivity contribution in [1.29, 1.82) is 0 Å². The molecule has 4 N–H and O–H groups in total. The Balaban J connectivity index is 2.15. The zero-order chi connectivity index (χ0) is 14.5. The molecule has 0 bridgehead atoms. The van der Waals surface area contributed by atoms with Crippen molar-refractivity contribution in [2.24, 2.45) is 10.9 Å². The molecule has 0 saturated carbocycles. The van der Waals surface area contributed by atoms with Gasteiger partial charge in [-0.3, -0.25) is 0 Å². The van der Waals surface area contributed by atoms with E-state index in [1.165, 1.54) is 0 Å². The fourth-order valence-corrected chi connectivity index (χ4v) is 2.29. The fraction of sp³-hybridized carbons (Fsp3) is 0.0714. The molecule has 0 aromatic heterocycles. The van der Waals surface area contributed by atoms with E-state index in [1.807, 2.05) is 18.2 Å². The van der Waals surface area contributed by atoms with Crippen molar-refractivity contribution in [3.05, 3.63) is 63.6 Å². The van der Waals surface area contributed by atoms with Crippen molar-refractivity contribution in [2.75, 3.05) is 5.32 Å². The Morgan fingerprint density at radius 2 is 1.80 bits per heavy atom. The maximum absolute atomic E-state index is 8.67. The summed E-state index contributed by atoms with van der Waals surface area (Å²) in [6.07, 6.45) is 0. The van der Waals surface area contributed by atoms with E-state index in [1.54, 1.807) is 24.3 Å². The van der Waals surface area contributed by atoms with E-state index in [0.717, 1.165) is 5.56 Å². The predicted molar refractivity (Wildman–Crippen MR) is 82.7 cm³/mol. The van der Waals surface area contributed by atoms with Crippen molar-refractivity contribution in [3.8, 4) is 0 Å². The number of amidine groups is 1. The van der Waals surface area contributed by atoms with Crippen LogP contribution in [0.4, 0.5) is 5.69 Å². The number of rotatable bonds is 4. The number of benzene rings is 2. The van der Waals surface area contributed by atoms with Crippen molar-refractivity contribution >= 4 is 34.7 Å². The highest BCUT2D eigenvalue weighted by atomic mass is 35.5. The van der Waals surface area contributed by atoms with Crippen LogP contribution in [0.1, 0.15) is 11.1 Å². The molecule has 0 saturated heterocycles. The van der Waals surface area contributed by atoms with Crippen LogP contribution in [0.25, 0.3) is 0 Å². The van der Waals surface area contributed by atoms with Gasteiger partial charge in [-0.25, -0.2) is 0 Å². The number of halogens is 2. The highest BCUT2D eigenvalue weighted by Gasteiger charge is 2.05. The van der Waals surface area contributed by atoms with Crippen LogP contribution in [0.15, 0.2) is 47.6 Å². The van der Waals surface area contributed by atoms with Gasteiger partial charge in [0.05, 0.1) is 15.7 Å². The number of nitrogens with one attached hydrogen (secondary N) is 1. The van der Waals surface area contributed by atoms with E-state index in [2.05, 4.69) is 10.5 Å². The molecule has 0 aliphatic carbocycles. The van der Waals surface area contributed by atoms with Gasteiger partial charge < -0.3 is 16.3 Å². The lowest BCUT2D eigenvalue weighted by molar-refractivity contribution is 0.318. The van der Waals surface area contributed by atoms with Gasteiger partial charge in [0.15, 0.2) is 5.84 Å². The molecule has 6 heteroatoms. The molecule has 4 nitrogen and oxygen atoms in total. The summed E-state index contributed by atoms with van der Waals surface area (Å²) in [5.41, 5.74) is 7.85. The Hall–Kier alpha value is -1.91. The summed E-state index contributed by atoms with van der Waals surface area (Å²) in [6, 6.07) is 12.7. The van der Waals surface area contributed by atoms with Crippen LogP contribution in [-0.4, -0.2) is 11.0 Å². The van der Waals surface area contributed by atoms with Gasteiger partial charge in [-0.15, -0.1) is 0 Å². The highest BCUT2D eigenvalue weighted by Crippen LogP contribution is 2.30. The summed E-state index contributed by atoms with van der Waals surface area (Å²) in [5, 5.41) is 15.9. The molecule has 0 atom stereocenters. The Kier molecular flexibility index (Phi) is 4.71. The van der Waals surface area contributed by atoms with E-state index in [9.17, 15) is 0 Å². The Labute approximate surface area is 126 Å². The molecule has 0 aliphatic heterocycles. The summed E-state index contributed by atoms with van der Waals surface area (Å²) in [7, 11) is 0. The van der Waals surface area contributed by atoms with Crippen LogP contribution in [0.3, 0.4) is 0 Å². The minimum atomic E-state index is 0.0719. The molecule has 0 amide bonds. The first-order chi connectivity index (χ1) is 9.61. The third kappa shape index (κ3) is 3.35. The first kappa shape index (κ1) is 14.5. The van der Waals surface area contributed by atoms with Gasteiger partial charge >= 0.3 is 0 Å². The van der Waals surface area contributed by atoms with E-state index in [0.29, 0.717) is 27.8 Å². The van der Waals surface area contributed by atoms with Gasteiger partial charge in [-0.1, -0.05) is 52.6 Å². The second kappa shape index (κ2) is 6.50. The predicted octanol–water partition coefficient (Wildman–Crippen LogP) is 3.70. The summed E-state index contributed by atoms with van der Waals surface area (Å²) in [5.74, 6) is 0.0719. The largest absolute Gasteiger partial charge is 0.409 e.